The van der Waals surface area contributed by atoms with Gasteiger partial charge in [0.1, 0.15) is 0 Å². The molecule has 0 bridgehead atoms. The minimum Gasteiger partial charge on any atom is -0.469 e. The quantitative estimate of drug-likeness (QED) is 0.561. The molecule has 0 radical (unpaired) electrons. The summed E-state index contributed by atoms with van der Waals surface area (Å²) >= 11 is 0. The number of ether oxygens (including phenoxy) is 1. The largest absolute Gasteiger partial charge is 0.469 e. The fraction of sp³-hybridized carbons (Fsp3) is 0.529. The molecule has 1 N–H and O–H groups in total. The maximum Gasteiger partial charge on any atom is 0.305 e. The van der Waals surface area contributed by atoms with Gasteiger partial charge >= 0.3 is 5.97 Å². The SMILES string of the molecule is COC(=O)CCCCCNC(=O)Cc1ccc(N(C)C)cc1. The van der Waals surface area contributed by atoms with Gasteiger partial charge in [-0.1, -0.05) is 18.6 Å². The number of amides is 1. The fourth-order valence-corrected chi connectivity index (χ4v) is 2.06. The molecule has 1 rings (SSSR count). The molecule has 1 aromatic rings. The number of nitrogens with zero attached hydrogens (tertiary/aromatic N) is 1. The number of anilines is 1. The lowest BCUT2D eigenvalue weighted by Gasteiger charge is -2.12. The summed E-state index contributed by atoms with van der Waals surface area (Å²) < 4.78 is 4.57. The second-order valence-corrected chi connectivity index (χ2v) is 5.47. The van der Waals surface area contributed by atoms with Gasteiger partial charge in [-0.25, -0.2) is 0 Å². The molecule has 0 saturated carbocycles. The standard InChI is InChI=1S/C17H26N2O3/c1-19(2)15-10-8-14(9-11-15)13-16(20)18-12-6-4-5-7-17(21)22-3/h8-11H,4-7,12-13H2,1-3H3,(H,18,20). The van der Waals surface area contributed by atoms with Crippen molar-refractivity contribution < 1.29 is 14.3 Å². The highest BCUT2D eigenvalue weighted by Crippen LogP contribution is 2.12. The van der Waals surface area contributed by atoms with Gasteiger partial charge in [0.2, 0.25) is 5.91 Å². The highest BCUT2D eigenvalue weighted by Gasteiger charge is 2.04. The van der Waals surface area contributed by atoms with Gasteiger partial charge in [-0.3, -0.25) is 9.59 Å². The number of nitrogens with one attached hydrogen (secondary N) is 1. The number of carbonyl (C=O) groups excluding carboxylic acids is 2. The number of carbonyl (C=O) groups is 2. The molecule has 0 unspecified atom stereocenters. The number of esters is 1. The van der Waals surface area contributed by atoms with Gasteiger partial charge < -0.3 is 15.0 Å². The van der Waals surface area contributed by atoms with Gasteiger partial charge in [0.25, 0.3) is 0 Å². The number of benzene rings is 1. The van der Waals surface area contributed by atoms with Gasteiger partial charge in [0, 0.05) is 32.7 Å². The van der Waals surface area contributed by atoms with Crippen LogP contribution in [0.25, 0.3) is 0 Å². The van der Waals surface area contributed by atoms with E-state index in [1.807, 2.05) is 43.3 Å². The monoisotopic (exact) mass is 306 g/mol. The topological polar surface area (TPSA) is 58.6 Å². The van der Waals surface area contributed by atoms with Crippen LogP contribution >= 0.6 is 0 Å². The van der Waals surface area contributed by atoms with Crippen LogP contribution < -0.4 is 10.2 Å². The summed E-state index contributed by atoms with van der Waals surface area (Å²) in [6.07, 6.45) is 3.43. The van der Waals surface area contributed by atoms with E-state index < -0.39 is 0 Å². The lowest BCUT2D eigenvalue weighted by Crippen LogP contribution is -2.26. The van der Waals surface area contributed by atoms with Crippen molar-refractivity contribution in [2.75, 3.05) is 32.6 Å². The molecule has 1 amide bonds. The molecule has 0 fully saturated rings. The van der Waals surface area contributed by atoms with Crippen molar-refractivity contribution in [1.29, 1.82) is 0 Å². The zero-order valence-corrected chi connectivity index (χ0v) is 13.7. The summed E-state index contributed by atoms with van der Waals surface area (Å²) in [6, 6.07) is 7.97. The highest BCUT2D eigenvalue weighted by atomic mass is 16.5. The second-order valence-electron chi connectivity index (χ2n) is 5.47. The molecule has 22 heavy (non-hydrogen) atoms. The van der Waals surface area contributed by atoms with Crippen LogP contribution in [-0.4, -0.2) is 39.6 Å². The first-order chi connectivity index (χ1) is 10.5. The van der Waals surface area contributed by atoms with Crippen molar-refractivity contribution >= 4 is 17.6 Å². The van der Waals surface area contributed by atoms with Gasteiger partial charge in [-0.2, -0.15) is 0 Å². The molecule has 1 aromatic carbocycles. The van der Waals surface area contributed by atoms with Crippen LogP contribution in [0.1, 0.15) is 31.2 Å². The van der Waals surface area contributed by atoms with Gasteiger partial charge in [-0.05, 0) is 30.5 Å². The van der Waals surface area contributed by atoms with E-state index in [4.69, 9.17) is 0 Å². The van der Waals surface area contributed by atoms with Crippen LogP contribution in [0, 0.1) is 0 Å². The van der Waals surface area contributed by atoms with Crippen LogP contribution in [0.4, 0.5) is 5.69 Å². The van der Waals surface area contributed by atoms with Crippen molar-refractivity contribution in [2.45, 2.75) is 32.1 Å². The summed E-state index contributed by atoms with van der Waals surface area (Å²) in [5.41, 5.74) is 2.13. The van der Waals surface area contributed by atoms with Crippen molar-refractivity contribution in [3.8, 4) is 0 Å². The third-order valence-corrected chi connectivity index (χ3v) is 3.42. The molecule has 122 valence electrons. The Hall–Kier alpha value is -2.04. The summed E-state index contributed by atoms with van der Waals surface area (Å²) in [4.78, 5) is 24.8. The Morgan fingerprint density at radius 3 is 2.36 bits per heavy atom. The van der Waals surface area contributed by atoms with Crippen molar-refractivity contribution in [3.05, 3.63) is 29.8 Å². The molecule has 0 aliphatic heterocycles. The Morgan fingerprint density at radius 1 is 1.09 bits per heavy atom. The maximum absolute atomic E-state index is 11.8. The zero-order chi connectivity index (χ0) is 16.4. The molecule has 0 aliphatic carbocycles. The fourth-order valence-electron chi connectivity index (χ4n) is 2.06. The van der Waals surface area contributed by atoms with E-state index in [9.17, 15) is 9.59 Å². The first-order valence-electron chi connectivity index (χ1n) is 7.62. The lowest BCUT2D eigenvalue weighted by atomic mass is 10.1. The Balaban J connectivity index is 2.17. The Kier molecular flexibility index (Phi) is 8.04. The summed E-state index contributed by atoms with van der Waals surface area (Å²) in [7, 11) is 5.37. The first-order valence-corrected chi connectivity index (χ1v) is 7.62. The summed E-state index contributed by atoms with van der Waals surface area (Å²) in [5, 5.41) is 2.91. The average molecular weight is 306 g/mol. The Bertz CT molecular complexity index is 469. The number of unbranched alkanes of at least 4 members (excludes halogenated alkanes) is 2. The minimum atomic E-state index is -0.176. The predicted octanol–water partition coefficient (Wildman–Crippen LogP) is 2.14. The van der Waals surface area contributed by atoms with E-state index in [0.29, 0.717) is 19.4 Å². The zero-order valence-electron chi connectivity index (χ0n) is 13.7. The molecule has 0 aromatic heterocycles. The second kappa shape index (κ2) is 9.82. The van der Waals surface area contributed by atoms with Crippen LogP contribution in [0.2, 0.25) is 0 Å². The first kappa shape index (κ1) is 18.0. The van der Waals surface area contributed by atoms with E-state index in [1.165, 1.54) is 7.11 Å². The van der Waals surface area contributed by atoms with Crippen molar-refractivity contribution in [2.24, 2.45) is 0 Å². The predicted molar refractivity (Wildman–Crippen MR) is 88.0 cm³/mol. The minimum absolute atomic E-state index is 0.0329. The maximum atomic E-state index is 11.8. The average Bonchev–Trinajstić information content (AvgIpc) is 2.50. The Morgan fingerprint density at radius 2 is 1.77 bits per heavy atom. The molecular formula is C17H26N2O3. The lowest BCUT2D eigenvalue weighted by molar-refractivity contribution is -0.140. The number of rotatable bonds is 9. The normalized spacial score (nSPS) is 10.1. The third-order valence-electron chi connectivity index (χ3n) is 3.42. The third kappa shape index (κ3) is 7.11. The highest BCUT2D eigenvalue weighted by molar-refractivity contribution is 5.78. The molecule has 0 heterocycles. The molecule has 0 atom stereocenters. The molecular weight excluding hydrogens is 280 g/mol. The Labute approximate surface area is 132 Å². The van der Waals surface area contributed by atoms with Crippen LogP contribution in [-0.2, 0) is 20.7 Å². The van der Waals surface area contributed by atoms with Gasteiger partial charge in [-0.15, -0.1) is 0 Å². The van der Waals surface area contributed by atoms with E-state index in [-0.39, 0.29) is 11.9 Å². The molecule has 5 heteroatoms. The van der Waals surface area contributed by atoms with E-state index in [2.05, 4.69) is 10.1 Å². The van der Waals surface area contributed by atoms with Crippen molar-refractivity contribution in [3.63, 3.8) is 0 Å². The van der Waals surface area contributed by atoms with E-state index in [1.54, 1.807) is 0 Å². The van der Waals surface area contributed by atoms with E-state index >= 15 is 0 Å². The summed E-state index contributed by atoms with van der Waals surface area (Å²) in [6.45, 7) is 0.649. The smallest absolute Gasteiger partial charge is 0.305 e. The number of methoxy groups -OCH3 is 1. The van der Waals surface area contributed by atoms with Gasteiger partial charge in [0.15, 0.2) is 0 Å². The van der Waals surface area contributed by atoms with Crippen molar-refractivity contribution in [1.82, 2.24) is 5.32 Å². The van der Waals surface area contributed by atoms with Gasteiger partial charge in [0.05, 0.1) is 13.5 Å². The van der Waals surface area contributed by atoms with E-state index in [0.717, 1.165) is 30.5 Å². The molecule has 0 aliphatic rings. The van der Waals surface area contributed by atoms with Crippen LogP contribution in [0.3, 0.4) is 0 Å². The molecule has 0 spiro atoms. The molecule has 0 saturated heterocycles. The van der Waals surface area contributed by atoms with Crippen LogP contribution in [0.5, 0.6) is 0 Å². The molecule has 5 nitrogen and oxygen atoms in total. The summed E-state index contributed by atoms with van der Waals surface area (Å²) in [5.74, 6) is -0.143. The number of hydrogen-bond acceptors (Lipinski definition) is 4. The number of hydrogen-bond donors (Lipinski definition) is 1. The van der Waals surface area contributed by atoms with Crippen LogP contribution in [0.15, 0.2) is 24.3 Å².